The van der Waals surface area contributed by atoms with Gasteiger partial charge in [0.05, 0.1) is 56.1 Å². The fourth-order valence-electron chi connectivity index (χ4n) is 9.28. The Morgan fingerprint density at radius 1 is 0.594 bits per heavy atom. The summed E-state index contributed by atoms with van der Waals surface area (Å²) in [6, 6.07) is 32.1. The number of aromatic amines is 1. The summed E-state index contributed by atoms with van der Waals surface area (Å²) in [7, 11) is 0. The molecule has 14 rings (SSSR count). The van der Waals surface area contributed by atoms with E-state index in [-0.39, 0.29) is 23.5 Å². The minimum absolute atomic E-state index is 0.210. The summed E-state index contributed by atoms with van der Waals surface area (Å²) < 4.78 is 52.9. The Labute approximate surface area is 389 Å². The van der Waals surface area contributed by atoms with Crippen LogP contribution in [0.4, 0.5) is 20.4 Å². The number of nitrogen functional groups attached to an aromatic ring is 2. The van der Waals surface area contributed by atoms with Crippen molar-refractivity contribution in [3.05, 3.63) is 178 Å². The number of rotatable bonds is 3. The van der Waals surface area contributed by atoms with Crippen LogP contribution in [0.1, 0.15) is 11.1 Å². The van der Waals surface area contributed by atoms with Gasteiger partial charge in [0.15, 0.2) is 0 Å². The van der Waals surface area contributed by atoms with E-state index in [4.69, 9.17) is 40.7 Å². The number of hydrogen-bond donors (Lipinski definition) is 3. The van der Waals surface area contributed by atoms with Crippen LogP contribution in [0.15, 0.2) is 161 Å². The van der Waals surface area contributed by atoms with Gasteiger partial charge in [0.1, 0.15) is 45.5 Å². The number of nitrogens with zero attached hydrogens (tertiary/aromatic N) is 5. The first-order chi connectivity index (χ1) is 33.6. The lowest BCUT2D eigenvalue weighted by Gasteiger charge is -2.11. The third-order valence-corrected chi connectivity index (χ3v) is 12.4. The van der Waals surface area contributed by atoms with Crippen LogP contribution < -0.4 is 22.7 Å². The summed E-state index contributed by atoms with van der Waals surface area (Å²) >= 11 is 5.79. The van der Waals surface area contributed by atoms with Crippen LogP contribution in [0.3, 0.4) is 0 Å². The van der Waals surface area contributed by atoms with Gasteiger partial charge in [0, 0.05) is 57.1 Å². The molecule has 17 heteroatoms. The van der Waals surface area contributed by atoms with Crippen molar-refractivity contribution < 1.29 is 26.4 Å². The molecule has 0 aliphatic heterocycles. The average Bonchev–Trinajstić information content (AvgIpc) is 4.18. The monoisotopic (exact) mass is 936 g/mol. The zero-order valence-electron chi connectivity index (χ0n) is 35.6. The topological polar surface area (TPSA) is 211 Å². The minimum Gasteiger partial charge on any atom is -0.463 e. The van der Waals surface area contributed by atoms with Crippen molar-refractivity contribution in [2.75, 3.05) is 11.5 Å². The van der Waals surface area contributed by atoms with Crippen molar-refractivity contribution in [1.82, 2.24) is 29.5 Å². The molecule has 69 heavy (non-hydrogen) atoms. The zero-order chi connectivity index (χ0) is 47.1. The van der Waals surface area contributed by atoms with Gasteiger partial charge in [-0.3, -0.25) is 0 Å². The Bertz CT molecular complexity index is 4540. The van der Waals surface area contributed by atoms with Gasteiger partial charge in [-0.2, -0.15) is 0 Å². The van der Waals surface area contributed by atoms with Crippen LogP contribution >= 0.6 is 11.6 Å². The largest absolute Gasteiger partial charge is 0.463 e. The molecular weight excluding hydrogens is 906 g/mol. The third kappa shape index (κ3) is 6.67. The number of nitrogens with two attached hydrogens (primary N) is 2. The van der Waals surface area contributed by atoms with Crippen LogP contribution in [0, 0.1) is 11.6 Å². The molecule has 0 saturated carbocycles. The first-order valence-corrected chi connectivity index (χ1v) is 21.8. The van der Waals surface area contributed by atoms with Crippen molar-refractivity contribution in [3.63, 3.8) is 0 Å². The van der Waals surface area contributed by atoms with Crippen LogP contribution in [-0.4, -0.2) is 29.5 Å². The first-order valence-electron chi connectivity index (χ1n) is 21.3. The Morgan fingerprint density at radius 2 is 1.14 bits per heavy atom. The molecule has 0 atom stereocenters. The van der Waals surface area contributed by atoms with Gasteiger partial charge >= 0.3 is 11.3 Å². The van der Waals surface area contributed by atoms with Crippen LogP contribution in [0.5, 0.6) is 0 Å². The maximum Gasteiger partial charge on any atom is 0.362 e. The Morgan fingerprint density at radius 3 is 1.80 bits per heavy atom. The number of H-pyrrole nitrogens is 1. The maximum absolute atomic E-state index is 15.1. The third-order valence-electron chi connectivity index (χ3n) is 12.1. The molecule has 0 aliphatic rings. The lowest BCUT2D eigenvalue weighted by atomic mass is 10.1. The molecule has 0 spiro atoms. The van der Waals surface area contributed by atoms with Crippen LogP contribution in [-0.2, 0) is 12.4 Å². The van der Waals surface area contributed by atoms with E-state index in [9.17, 15) is 14.0 Å². The van der Waals surface area contributed by atoms with Crippen LogP contribution in [0.2, 0.25) is 0 Å². The van der Waals surface area contributed by atoms with Crippen molar-refractivity contribution in [2.45, 2.75) is 12.4 Å². The Kier molecular flexibility index (Phi) is 9.59. The number of pyridine rings is 4. The molecule has 0 amide bonds. The molecule has 0 radical (unpaired) electrons. The summed E-state index contributed by atoms with van der Waals surface area (Å²) in [4.78, 5) is 45.3. The molecule has 0 bridgehead atoms. The molecule has 14 aromatic rings. The van der Waals surface area contributed by atoms with Gasteiger partial charge in [0.25, 0.3) is 0 Å². The van der Waals surface area contributed by atoms with Gasteiger partial charge in [-0.1, -0.05) is 36.4 Å². The molecule has 14 nitrogen and oxygen atoms in total. The highest BCUT2D eigenvalue weighted by atomic mass is 35.5. The van der Waals surface area contributed by atoms with Gasteiger partial charge in [-0.05, 0) is 83.9 Å². The molecule has 5 N–H and O–H groups in total. The second kappa shape index (κ2) is 16.0. The van der Waals surface area contributed by atoms with E-state index < -0.39 is 22.9 Å². The molecular formula is C52H31ClF2N8O6. The molecule has 10 aromatic heterocycles. The zero-order valence-corrected chi connectivity index (χ0v) is 36.3. The molecule has 10 heterocycles. The maximum atomic E-state index is 15.1. The highest BCUT2D eigenvalue weighted by Crippen LogP contribution is 2.40. The predicted octanol–water partition coefficient (Wildman–Crippen LogP) is 11.6. The first kappa shape index (κ1) is 41.3. The lowest BCUT2D eigenvalue weighted by Crippen LogP contribution is -2.09. The van der Waals surface area contributed by atoms with E-state index in [1.807, 2.05) is 60.7 Å². The van der Waals surface area contributed by atoms with Gasteiger partial charge in [0.2, 0.25) is 11.4 Å². The van der Waals surface area contributed by atoms with Crippen molar-refractivity contribution in [3.8, 4) is 0 Å². The standard InChI is InChI=1S/C26H15FN4O3.C16H7FN2O3.C10H9ClN2/c27-17-11-19-22(24-15(17)7-9-33-24)21-16-5-3-8-29-25(16)34-26(32)23(21)31(19)12-13-10-20(28)30-18-6-2-1-4-14(13)18;17-9-6-10-12(14-7(9)3-5-21-14)11-8-2-1-4-18-15(8)22-16(20)13(11)19-10;11-6-7-5-10(12)13-9-4-2-1-3-8(7)9/h1-11H,12H2,(H2,28,30);1-6,19H;1-5H,6H2,(H2,12,13). The van der Waals surface area contributed by atoms with E-state index in [0.29, 0.717) is 88.3 Å². The van der Waals surface area contributed by atoms with E-state index in [1.54, 1.807) is 53.4 Å². The smallest absolute Gasteiger partial charge is 0.362 e. The molecule has 0 aliphatic carbocycles. The fourth-order valence-corrected chi connectivity index (χ4v) is 9.50. The SMILES string of the molecule is Nc1cc(CCl)c2ccccc2n1.Nc1cc(Cn2c3cc(F)c4ccoc4c3c3c4cccnc4oc(=O)c32)c2ccccc2n1.O=c1oc2ncccc2c2c1[nH]c1cc(F)c3ccoc3c12. The van der Waals surface area contributed by atoms with Gasteiger partial charge in [-0.15, -0.1) is 11.6 Å². The summed E-state index contributed by atoms with van der Waals surface area (Å²) in [6.07, 6.45) is 5.98. The molecule has 0 fully saturated rings. The lowest BCUT2D eigenvalue weighted by molar-refractivity contribution is 0.553. The predicted molar refractivity (Wildman–Crippen MR) is 263 cm³/mol. The Balaban J connectivity index is 0.000000120. The molecule has 4 aromatic carbocycles. The van der Waals surface area contributed by atoms with E-state index in [0.717, 1.165) is 32.9 Å². The number of fused-ring (bicyclic) bond motifs is 16. The number of hydrogen-bond acceptors (Lipinski definition) is 12. The number of nitrogens with one attached hydrogen (secondary N) is 1. The van der Waals surface area contributed by atoms with Gasteiger partial charge in [-0.25, -0.2) is 38.3 Å². The number of alkyl halides is 1. The quantitative estimate of drug-likeness (QED) is 0.141. The molecule has 336 valence electrons. The number of aromatic nitrogens is 6. The van der Waals surface area contributed by atoms with E-state index >= 15 is 4.39 Å². The van der Waals surface area contributed by atoms with Crippen molar-refractivity contribution in [2.24, 2.45) is 0 Å². The number of halogens is 3. The summed E-state index contributed by atoms with van der Waals surface area (Å²) in [5, 5.41) is 6.53. The average molecular weight is 937 g/mol. The number of anilines is 2. The fraction of sp³-hybridized carbons (Fsp3) is 0.0385. The van der Waals surface area contributed by atoms with E-state index in [2.05, 4.69) is 24.9 Å². The normalized spacial score (nSPS) is 11.8. The highest BCUT2D eigenvalue weighted by molar-refractivity contribution is 6.26. The molecule has 0 saturated heterocycles. The molecule has 0 unspecified atom stereocenters. The van der Waals surface area contributed by atoms with Crippen molar-refractivity contribution in [1.29, 1.82) is 0 Å². The summed E-state index contributed by atoms with van der Waals surface area (Å²) in [5.74, 6) is 0.499. The number of benzene rings is 4. The highest BCUT2D eigenvalue weighted by Gasteiger charge is 2.25. The minimum atomic E-state index is -0.566. The second-order valence-electron chi connectivity index (χ2n) is 16.1. The summed E-state index contributed by atoms with van der Waals surface area (Å²) in [5.41, 5.74) is 16.9. The summed E-state index contributed by atoms with van der Waals surface area (Å²) in [6.45, 7) is 0.245. The second-order valence-corrected chi connectivity index (χ2v) is 16.4. The van der Waals surface area contributed by atoms with Crippen LogP contribution in [0.25, 0.3) is 110 Å². The van der Waals surface area contributed by atoms with E-state index in [1.165, 1.54) is 24.7 Å². The van der Waals surface area contributed by atoms with Crippen molar-refractivity contribution >= 4 is 133 Å². The number of furan rings is 2. The Hall–Kier alpha value is -9.15. The number of para-hydroxylation sites is 2. The van der Waals surface area contributed by atoms with Gasteiger partial charge < -0.3 is 38.7 Å².